The Morgan fingerprint density at radius 1 is 0.681 bits per heavy atom. The third-order valence-corrected chi connectivity index (χ3v) is 15.1. The summed E-state index contributed by atoms with van der Waals surface area (Å²) < 4.78 is 24.2. The summed E-state index contributed by atoms with van der Waals surface area (Å²) in [7, 11) is 0. The van der Waals surface area contributed by atoms with Crippen LogP contribution in [0.3, 0.4) is 0 Å². The molecule has 0 spiro atoms. The number of aryl methyl sites for hydroxylation is 2. The molecule has 1 amide bonds. The molecule has 8 heterocycles. The van der Waals surface area contributed by atoms with Gasteiger partial charge in [-0.05, 0) is 108 Å². The Kier molecular flexibility index (Phi) is 15.3. The highest BCUT2D eigenvalue weighted by Crippen LogP contribution is 2.39. The van der Waals surface area contributed by atoms with E-state index in [4.69, 9.17) is 14.2 Å². The summed E-state index contributed by atoms with van der Waals surface area (Å²) in [5, 5.41) is 33.8. The van der Waals surface area contributed by atoms with Gasteiger partial charge in [0.05, 0.1) is 63.8 Å². The standard InChI is InChI=1S/C28H41N5O5.C23H33N5O3/c1-19-7-5-6-8-20(19)18-37-24-13-21-9-10-22(14-24)32(21)15-23(34)16-33-26(35)31-12-11-30(17-25(31)29-33)27(36)38-28(2,3)4;1-16-4-2-3-5-17(16)15-31-21-10-18-6-7-19(11-21)27(18)13-20(29)14-28-23(30)26-9-8-24-12-22(26)25-28/h5-8,21-24,34H,9-18H2,1-4H3;2-5,18-21,24,29H,6-15H2,1H3. The van der Waals surface area contributed by atoms with Gasteiger partial charge in [0.1, 0.15) is 11.4 Å². The SMILES string of the molecule is Cc1ccccc1COC1CC2CCC(C1)N2CC(O)Cn1nc2n(c1=O)CCN(C(=O)OC(C)(C)C)C2.Cc1ccccc1COC1CC2CCC(C1)N2CC(O)Cn1nc2n(c1=O)CCNC2. The van der Waals surface area contributed by atoms with E-state index in [1.54, 1.807) is 14.0 Å². The number of rotatable bonds is 14. The summed E-state index contributed by atoms with van der Waals surface area (Å²) in [4.78, 5) is 44.3. The molecular formula is C51H74N10O8. The van der Waals surface area contributed by atoms with Crippen molar-refractivity contribution in [2.45, 2.75) is 193 Å². The third kappa shape index (κ3) is 11.8. The van der Waals surface area contributed by atoms with Crippen molar-refractivity contribution < 1.29 is 29.2 Å². The van der Waals surface area contributed by atoms with Gasteiger partial charge in [0.15, 0.2) is 5.82 Å². The van der Waals surface area contributed by atoms with E-state index >= 15 is 0 Å². The summed E-state index contributed by atoms with van der Waals surface area (Å²) in [6.07, 6.45) is 7.29. The highest BCUT2D eigenvalue weighted by molar-refractivity contribution is 5.68. The van der Waals surface area contributed by atoms with Crippen molar-refractivity contribution in [3.8, 4) is 0 Å². The lowest BCUT2D eigenvalue weighted by molar-refractivity contribution is -0.0404. The van der Waals surface area contributed by atoms with Crippen LogP contribution in [0.1, 0.15) is 106 Å². The highest BCUT2D eigenvalue weighted by atomic mass is 16.6. The van der Waals surface area contributed by atoms with Crippen molar-refractivity contribution >= 4 is 6.09 Å². The first-order chi connectivity index (χ1) is 33.2. The molecule has 2 aromatic carbocycles. The summed E-state index contributed by atoms with van der Waals surface area (Å²) >= 11 is 0. The molecule has 0 saturated carbocycles. The number of benzene rings is 2. The summed E-state index contributed by atoms with van der Waals surface area (Å²) in [5.41, 5.74) is 4.09. The fraction of sp³-hybridized carbons (Fsp3) is 0.667. The van der Waals surface area contributed by atoms with Gasteiger partial charge in [-0.2, -0.15) is 10.2 Å². The molecule has 0 radical (unpaired) electrons. The maximum Gasteiger partial charge on any atom is 0.410 e. The molecule has 10 rings (SSSR count). The molecule has 4 saturated heterocycles. The first-order valence-corrected chi connectivity index (χ1v) is 25.4. The van der Waals surface area contributed by atoms with E-state index in [0.717, 1.165) is 63.7 Å². The second kappa shape index (κ2) is 21.3. The Morgan fingerprint density at radius 3 is 1.61 bits per heavy atom. The number of nitrogens with one attached hydrogen (secondary N) is 1. The number of carbonyl (C=O) groups is 1. The topological polar surface area (TPSA) is 187 Å². The number of aliphatic hydroxyl groups excluding tert-OH is 2. The van der Waals surface area contributed by atoms with Crippen LogP contribution >= 0.6 is 0 Å². The van der Waals surface area contributed by atoms with Crippen LogP contribution < -0.4 is 16.7 Å². The average molecular weight is 955 g/mol. The maximum atomic E-state index is 12.9. The summed E-state index contributed by atoms with van der Waals surface area (Å²) in [6.45, 7) is 15.5. The molecule has 6 atom stereocenters. The zero-order valence-corrected chi connectivity index (χ0v) is 41.2. The Balaban J connectivity index is 0.000000175. The van der Waals surface area contributed by atoms with Crippen LogP contribution in [0.2, 0.25) is 0 Å². The zero-order chi connectivity index (χ0) is 48.4. The lowest BCUT2D eigenvalue weighted by Crippen LogP contribution is -2.49. The summed E-state index contributed by atoms with van der Waals surface area (Å²) in [6, 6.07) is 18.4. The van der Waals surface area contributed by atoms with Crippen molar-refractivity contribution in [3.05, 3.63) is 103 Å². The van der Waals surface area contributed by atoms with Crippen LogP contribution in [-0.2, 0) is 66.7 Å². The van der Waals surface area contributed by atoms with Crippen LogP contribution in [0.15, 0.2) is 58.1 Å². The number of piperidine rings is 2. The lowest BCUT2D eigenvalue weighted by Gasteiger charge is -2.39. The van der Waals surface area contributed by atoms with E-state index < -0.39 is 23.9 Å². The Labute approximate surface area is 405 Å². The molecule has 0 aliphatic carbocycles. The monoisotopic (exact) mass is 955 g/mol. The molecule has 6 unspecified atom stereocenters. The number of hydrogen-bond donors (Lipinski definition) is 3. The molecule has 18 heteroatoms. The number of carbonyl (C=O) groups excluding carboxylic acids is 1. The minimum atomic E-state index is -0.709. The predicted molar refractivity (Wildman–Crippen MR) is 258 cm³/mol. The van der Waals surface area contributed by atoms with Crippen molar-refractivity contribution in [2.24, 2.45) is 0 Å². The maximum absolute atomic E-state index is 12.9. The van der Waals surface area contributed by atoms with E-state index in [2.05, 4.69) is 87.7 Å². The molecule has 4 fully saturated rings. The first kappa shape index (κ1) is 49.3. The molecule has 4 bridgehead atoms. The van der Waals surface area contributed by atoms with E-state index in [0.29, 0.717) is 82.5 Å². The number of aromatic nitrogens is 6. The quantitative estimate of drug-likeness (QED) is 0.166. The van der Waals surface area contributed by atoms with Gasteiger partial charge in [0, 0.05) is 63.4 Å². The number of fused-ring (bicyclic) bond motifs is 6. The van der Waals surface area contributed by atoms with Crippen LogP contribution in [0.5, 0.6) is 0 Å². The van der Waals surface area contributed by atoms with Gasteiger partial charge in [-0.25, -0.2) is 23.7 Å². The van der Waals surface area contributed by atoms with Crippen LogP contribution in [0, 0.1) is 13.8 Å². The smallest absolute Gasteiger partial charge is 0.410 e. The Hall–Kier alpha value is -4.69. The fourth-order valence-electron chi connectivity index (χ4n) is 11.5. The molecule has 6 aliphatic heterocycles. The van der Waals surface area contributed by atoms with Crippen LogP contribution in [0.4, 0.5) is 4.79 Å². The van der Waals surface area contributed by atoms with Gasteiger partial charge in [-0.3, -0.25) is 23.8 Å². The molecule has 376 valence electrons. The molecule has 18 nitrogen and oxygen atoms in total. The van der Waals surface area contributed by atoms with Gasteiger partial charge in [-0.1, -0.05) is 48.5 Å². The molecular weight excluding hydrogens is 881 g/mol. The van der Waals surface area contributed by atoms with Crippen molar-refractivity contribution in [1.29, 1.82) is 0 Å². The van der Waals surface area contributed by atoms with Gasteiger partial charge >= 0.3 is 17.5 Å². The zero-order valence-electron chi connectivity index (χ0n) is 41.2. The van der Waals surface area contributed by atoms with Gasteiger partial charge in [0.2, 0.25) is 0 Å². The van der Waals surface area contributed by atoms with Gasteiger partial charge < -0.3 is 29.7 Å². The first-order valence-electron chi connectivity index (χ1n) is 25.4. The average Bonchev–Trinajstić information content (AvgIpc) is 3.94. The van der Waals surface area contributed by atoms with Crippen LogP contribution in [-0.4, -0.2) is 140 Å². The number of amides is 1. The second-order valence-electron chi connectivity index (χ2n) is 21.3. The normalized spacial score (nSPS) is 25.4. The van der Waals surface area contributed by atoms with Gasteiger partial charge in [-0.15, -0.1) is 0 Å². The lowest BCUT2D eigenvalue weighted by atomic mass is 9.99. The third-order valence-electron chi connectivity index (χ3n) is 15.1. The predicted octanol–water partition coefficient (Wildman–Crippen LogP) is 3.71. The Bertz CT molecular complexity index is 2480. The number of nitrogens with zero attached hydrogens (tertiary/aromatic N) is 9. The van der Waals surface area contributed by atoms with Crippen LogP contribution in [0.25, 0.3) is 0 Å². The molecule has 3 N–H and O–H groups in total. The fourth-order valence-corrected chi connectivity index (χ4v) is 11.5. The Morgan fingerprint density at radius 2 is 1.14 bits per heavy atom. The largest absolute Gasteiger partial charge is 0.444 e. The van der Waals surface area contributed by atoms with Crippen molar-refractivity contribution in [2.75, 3.05) is 26.2 Å². The minimum Gasteiger partial charge on any atom is -0.444 e. The second-order valence-corrected chi connectivity index (χ2v) is 21.3. The number of hydrogen-bond acceptors (Lipinski definition) is 13. The van der Waals surface area contributed by atoms with E-state index in [1.807, 2.05) is 20.8 Å². The van der Waals surface area contributed by atoms with Crippen molar-refractivity contribution in [3.63, 3.8) is 0 Å². The molecule has 4 aromatic rings. The van der Waals surface area contributed by atoms with E-state index in [-0.39, 0.29) is 43.2 Å². The highest BCUT2D eigenvalue weighted by Gasteiger charge is 2.43. The van der Waals surface area contributed by atoms with Crippen molar-refractivity contribution in [1.82, 2.24) is 48.7 Å². The number of aliphatic hydroxyl groups is 2. The minimum absolute atomic E-state index is 0.109. The molecule has 6 aliphatic rings. The number of ether oxygens (including phenoxy) is 3. The molecule has 69 heavy (non-hydrogen) atoms. The van der Waals surface area contributed by atoms with E-state index in [1.165, 1.54) is 31.6 Å². The summed E-state index contributed by atoms with van der Waals surface area (Å²) in [5.74, 6) is 1.28. The van der Waals surface area contributed by atoms with Gasteiger partial charge in [0.25, 0.3) is 0 Å². The van der Waals surface area contributed by atoms with E-state index in [9.17, 15) is 24.6 Å². The molecule has 2 aromatic heterocycles.